The van der Waals surface area contributed by atoms with E-state index < -0.39 is 0 Å². The highest BCUT2D eigenvalue weighted by Gasteiger charge is 1.85. The van der Waals surface area contributed by atoms with Crippen LogP contribution in [0.25, 0.3) is 0 Å². The molecule has 0 unspecified atom stereocenters. The Morgan fingerprint density at radius 2 is 2.18 bits per heavy atom. The predicted molar refractivity (Wildman–Crippen MR) is 45.8 cm³/mol. The van der Waals surface area contributed by atoms with Crippen LogP contribution < -0.4 is 5.32 Å². The molecule has 66 valence electrons. The molecule has 0 saturated heterocycles. The molecular formula is C8H17NO2. The van der Waals surface area contributed by atoms with Crippen LogP contribution >= 0.6 is 0 Å². The van der Waals surface area contributed by atoms with Gasteiger partial charge in [0.25, 0.3) is 0 Å². The third-order valence-electron chi connectivity index (χ3n) is 1.14. The van der Waals surface area contributed by atoms with Gasteiger partial charge in [0, 0.05) is 20.2 Å². The first-order chi connectivity index (χ1) is 5.41. The number of rotatable bonds is 8. The van der Waals surface area contributed by atoms with E-state index in [1.807, 2.05) is 6.08 Å². The standard InChI is InChI=1S/C8H17NO2/c1-3-4-9-5-6-11-8-7-10-2/h3,9H,1,4-8H2,2H3. The van der Waals surface area contributed by atoms with Crippen LogP contribution in [0.15, 0.2) is 12.7 Å². The molecule has 0 aromatic carbocycles. The SMILES string of the molecule is C=CCNCCOCCOC. The van der Waals surface area contributed by atoms with Crippen LogP contribution in [0, 0.1) is 0 Å². The van der Waals surface area contributed by atoms with Gasteiger partial charge in [-0.3, -0.25) is 0 Å². The molecule has 0 amide bonds. The van der Waals surface area contributed by atoms with E-state index in [0.29, 0.717) is 13.2 Å². The van der Waals surface area contributed by atoms with E-state index in [4.69, 9.17) is 9.47 Å². The molecule has 0 aromatic rings. The van der Waals surface area contributed by atoms with E-state index in [-0.39, 0.29) is 0 Å². The summed E-state index contributed by atoms with van der Waals surface area (Å²) >= 11 is 0. The average Bonchev–Trinajstić information content (AvgIpc) is 2.03. The molecule has 0 rings (SSSR count). The summed E-state index contributed by atoms with van der Waals surface area (Å²) in [5, 5.41) is 3.13. The third kappa shape index (κ3) is 9.62. The molecule has 0 aliphatic rings. The highest BCUT2D eigenvalue weighted by Crippen LogP contribution is 1.74. The second kappa shape index (κ2) is 9.62. The summed E-state index contributed by atoms with van der Waals surface area (Å²) in [4.78, 5) is 0. The molecule has 0 aromatic heterocycles. The lowest BCUT2D eigenvalue weighted by Crippen LogP contribution is -2.20. The maximum absolute atomic E-state index is 5.20. The van der Waals surface area contributed by atoms with Crippen molar-refractivity contribution < 1.29 is 9.47 Å². The summed E-state index contributed by atoms with van der Waals surface area (Å²) in [6.07, 6.45) is 1.83. The highest BCUT2D eigenvalue weighted by atomic mass is 16.5. The molecular weight excluding hydrogens is 142 g/mol. The highest BCUT2D eigenvalue weighted by molar-refractivity contribution is 4.68. The normalized spacial score (nSPS) is 9.91. The maximum Gasteiger partial charge on any atom is 0.0700 e. The lowest BCUT2D eigenvalue weighted by Gasteiger charge is -2.03. The smallest absolute Gasteiger partial charge is 0.0700 e. The first kappa shape index (κ1) is 10.6. The van der Waals surface area contributed by atoms with Gasteiger partial charge in [0.1, 0.15) is 0 Å². The van der Waals surface area contributed by atoms with Gasteiger partial charge in [0.05, 0.1) is 19.8 Å². The molecule has 0 aliphatic carbocycles. The molecule has 0 bridgehead atoms. The Kier molecular flexibility index (Phi) is 9.29. The Bertz CT molecular complexity index is 86.2. The van der Waals surface area contributed by atoms with Crippen LogP contribution in [0.3, 0.4) is 0 Å². The van der Waals surface area contributed by atoms with Crippen molar-refractivity contribution in [3.8, 4) is 0 Å². The molecule has 3 nitrogen and oxygen atoms in total. The minimum absolute atomic E-state index is 0.668. The summed E-state index contributed by atoms with van der Waals surface area (Å²) in [5.41, 5.74) is 0. The molecule has 0 spiro atoms. The van der Waals surface area contributed by atoms with Crippen molar-refractivity contribution >= 4 is 0 Å². The minimum Gasteiger partial charge on any atom is -0.382 e. The predicted octanol–water partition coefficient (Wildman–Crippen LogP) is 0.425. The minimum atomic E-state index is 0.668. The quantitative estimate of drug-likeness (QED) is 0.411. The summed E-state index contributed by atoms with van der Waals surface area (Å²) in [7, 11) is 1.67. The monoisotopic (exact) mass is 159 g/mol. The largest absolute Gasteiger partial charge is 0.382 e. The van der Waals surface area contributed by atoms with Crippen molar-refractivity contribution in [2.75, 3.05) is 40.0 Å². The summed E-state index contributed by atoms with van der Waals surface area (Å²) in [5.74, 6) is 0. The Balaban J connectivity index is 2.74. The van der Waals surface area contributed by atoms with Crippen molar-refractivity contribution in [1.29, 1.82) is 0 Å². The van der Waals surface area contributed by atoms with Crippen LogP contribution in [0.4, 0.5) is 0 Å². The van der Waals surface area contributed by atoms with Gasteiger partial charge in [0.2, 0.25) is 0 Å². The van der Waals surface area contributed by atoms with E-state index in [0.717, 1.165) is 19.7 Å². The number of hydrogen-bond donors (Lipinski definition) is 1. The van der Waals surface area contributed by atoms with Crippen molar-refractivity contribution in [2.24, 2.45) is 0 Å². The van der Waals surface area contributed by atoms with Gasteiger partial charge in [-0.05, 0) is 0 Å². The number of nitrogens with one attached hydrogen (secondary N) is 1. The number of methoxy groups -OCH3 is 1. The Morgan fingerprint density at radius 3 is 2.82 bits per heavy atom. The lowest BCUT2D eigenvalue weighted by molar-refractivity contribution is 0.0723. The van der Waals surface area contributed by atoms with Gasteiger partial charge < -0.3 is 14.8 Å². The van der Waals surface area contributed by atoms with Crippen LogP contribution in [-0.4, -0.2) is 40.0 Å². The Hall–Kier alpha value is -0.380. The fraction of sp³-hybridized carbons (Fsp3) is 0.750. The zero-order valence-electron chi connectivity index (χ0n) is 7.14. The van der Waals surface area contributed by atoms with Gasteiger partial charge in [-0.15, -0.1) is 6.58 Å². The van der Waals surface area contributed by atoms with Crippen LogP contribution in [0.5, 0.6) is 0 Å². The van der Waals surface area contributed by atoms with Crippen molar-refractivity contribution in [3.05, 3.63) is 12.7 Å². The zero-order chi connectivity index (χ0) is 8.36. The van der Waals surface area contributed by atoms with Crippen molar-refractivity contribution in [1.82, 2.24) is 5.32 Å². The number of hydrogen-bond acceptors (Lipinski definition) is 3. The van der Waals surface area contributed by atoms with Crippen LogP contribution in [0.1, 0.15) is 0 Å². The van der Waals surface area contributed by atoms with E-state index in [2.05, 4.69) is 11.9 Å². The molecule has 0 aliphatic heterocycles. The Labute approximate surface area is 68.4 Å². The molecule has 0 saturated carbocycles. The fourth-order valence-electron chi connectivity index (χ4n) is 0.593. The summed E-state index contributed by atoms with van der Waals surface area (Å²) < 4.78 is 10.0. The first-order valence-corrected chi connectivity index (χ1v) is 3.80. The molecule has 0 atom stereocenters. The van der Waals surface area contributed by atoms with Gasteiger partial charge >= 0.3 is 0 Å². The van der Waals surface area contributed by atoms with Gasteiger partial charge in [-0.1, -0.05) is 6.08 Å². The topological polar surface area (TPSA) is 30.5 Å². The maximum atomic E-state index is 5.20. The molecule has 11 heavy (non-hydrogen) atoms. The molecule has 0 fully saturated rings. The fourth-order valence-corrected chi connectivity index (χ4v) is 0.593. The van der Waals surface area contributed by atoms with E-state index in [1.165, 1.54) is 0 Å². The molecule has 0 heterocycles. The lowest BCUT2D eigenvalue weighted by atomic mass is 10.6. The second-order valence-corrected chi connectivity index (χ2v) is 2.10. The van der Waals surface area contributed by atoms with Crippen LogP contribution in [-0.2, 0) is 9.47 Å². The first-order valence-electron chi connectivity index (χ1n) is 3.80. The van der Waals surface area contributed by atoms with Gasteiger partial charge in [0.15, 0.2) is 0 Å². The molecule has 1 N–H and O–H groups in total. The van der Waals surface area contributed by atoms with E-state index in [1.54, 1.807) is 7.11 Å². The zero-order valence-corrected chi connectivity index (χ0v) is 7.14. The third-order valence-corrected chi connectivity index (χ3v) is 1.14. The average molecular weight is 159 g/mol. The second-order valence-electron chi connectivity index (χ2n) is 2.10. The van der Waals surface area contributed by atoms with Crippen molar-refractivity contribution in [2.45, 2.75) is 0 Å². The molecule has 3 heteroatoms. The summed E-state index contributed by atoms with van der Waals surface area (Å²) in [6.45, 7) is 7.37. The summed E-state index contributed by atoms with van der Waals surface area (Å²) in [6, 6.07) is 0. The number of ether oxygens (including phenoxy) is 2. The Morgan fingerprint density at radius 1 is 1.36 bits per heavy atom. The molecule has 0 radical (unpaired) electrons. The van der Waals surface area contributed by atoms with Gasteiger partial charge in [-0.25, -0.2) is 0 Å². The van der Waals surface area contributed by atoms with Crippen LogP contribution in [0.2, 0.25) is 0 Å². The van der Waals surface area contributed by atoms with Gasteiger partial charge in [-0.2, -0.15) is 0 Å². The van der Waals surface area contributed by atoms with E-state index >= 15 is 0 Å². The van der Waals surface area contributed by atoms with Crippen molar-refractivity contribution in [3.63, 3.8) is 0 Å². The van der Waals surface area contributed by atoms with E-state index in [9.17, 15) is 0 Å².